The van der Waals surface area contributed by atoms with E-state index < -0.39 is 17.4 Å². The molecule has 0 unspecified atom stereocenters. The molecule has 1 aromatic carbocycles. The van der Waals surface area contributed by atoms with Crippen LogP contribution in [0.3, 0.4) is 0 Å². The summed E-state index contributed by atoms with van der Waals surface area (Å²) in [5.41, 5.74) is 7.37. The van der Waals surface area contributed by atoms with E-state index in [1.807, 2.05) is 12.3 Å². The molecule has 3 N–H and O–H groups in total. The molecule has 1 saturated heterocycles. The average molecular weight is 396 g/mol. The molecule has 0 aliphatic carbocycles. The lowest BCUT2D eigenvalue weighted by molar-refractivity contribution is 0.105. The number of ketones is 1. The highest BCUT2D eigenvalue weighted by molar-refractivity contribution is 6.32. The number of hydrogen-bond acceptors (Lipinski definition) is 4. The van der Waals surface area contributed by atoms with E-state index in [1.165, 1.54) is 12.1 Å². The van der Waals surface area contributed by atoms with Crippen LogP contribution in [0.1, 0.15) is 40.2 Å². The number of allylic oxidation sites excluding steroid dienone is 1. The number of H-pyrrole nitrogens is 1. The molecular weight excluding hydrogens is 374 g/mol. The van der Waals surface area contributed by atoms with Gasteiger partial charge in [0.25, 0.3) is 0 Å². The van der Waals surface area contributed by atoms with Crippen molar-refractivity contribution in [3.63, 3.8) is 0 Å². The molecule has 1 aliphatic rings. The molecule has 0 spiro atoms. The number of nitrogens with one attached hydrogen (secondary N) is 1. The number of piperidine rings is 1. The summed E-state index contributed by atoms with van der Waals surface area (Å²) in [6.07, 6.45) is 6.46. The van der Waals surface area contributed by atoms with E-state index in [1.54, 1.807) is 6.20 Å². The van der Waals surface area contributed by atoms with Crippen LogP contribution in [0.2, 0.25) is 0 Å². The zero-order chi connectivity index (χ0) is 20.5. The standard InChI is InChI=1S/C22H22F2N4O/c1-28-7-5-13(6-8-28)14-9-16-18(12-27-22(16)26-11-14)21(29)17(10-25)15-3-2-4-19(23)20(15)24/h2-4,9-13H,5-8,25H2,1H3,(H,26,27). The molecule has 0 atom stereocenters. The number of aromatic amines is 1. The largest absolute Gasteiger partial charge is 0.404 e. The highest BCUT2D eigenvalue weighted by Gasteiger charge is 2.24. The first-order valence-corrected chi connectivity index (χ1v) is 9.56. The molecule has 1 fully saturated rings. The molecule has 4 rings (SSSR count). The summed E-state index contributed by atoms with van der Waals surface area (Å²) in [6.45, 7) is 2.03. The quantitative estimate of drug-likeness (QED) is 0.519. The number of nitrogens with zero attached hydrogens (tertiary/aromatic N) is 2. The molecule has 0 radical (unpaired) electrons. The third-order valence-corrected chi connectivity index (χ3v) is 5.64. The first-order valence-electron chi connectivity index (χ1n) is 9.56. The van der Waals surface area contributed by atoms with Gasteiger partial charge < -0.3 is 15.6 Å². The summed E-state index contributed by atoms with van der Waals surface area (Å²) in [5.74, 6) is -2.22. The summed E-state index contributed by atoms with van der Waals surface area (Å²) in [6, 6.07) is 5.66. The fourth-order valence-corrected chi connectivity index (χ4v) is 3.92. The van der Waals surface area contributed by atoms with Gasteiger partial charge in [-0.05, 0) is 56.6 Å². The van der Waals surface area contributed by atoms with Gasteiger partial charge in [-0.25, -0.2) is 13.8 Å². The van der Waals surface area contributed by atoms with Crippen LogP contribution in [0.25, 0.3) is 16.6 Å². The predicted octanol–water partition coefficient (Wildman–Crippen LogP) is 3.83. The van der Waals surface area contributed by atoms with Gasteiger partial charge >= 0.3 is 0 Å². The van der Waals surface area contributed by atoms with E-state index >= 15 is 0 Å². The molecule has 0 saturated carbocycles. The Balaban J connectivity index is 1.72. The Hall–Kier alpha value is -3.06. The zero-order valence-corrected chi connectivity index (χ0v) is 16.1. The molecule has 150 valence electrons. The number of carbonyl (C=O) groups is 1. The summed E-state index contributed by atoms with van der Waals surface area (Å²) in [5, 5.41) is 0.655. The van der Waals surface area contributed by atoms with Crippen molar-refractivity contribution >= 4 is 22.4 Å². The van der Waals surface area contributed by atoms with Gasteiger partial charge in [0, 0.05) is 40.7 Å². The smallest absolute Gasteiger partial charge is 0.197 e. The fourth-order valence-electron chi connectivity index (χ4n) is 3.92. The summed E-state index contributed by atoms with van der Waals surface area (Å²) < 4.78 is 27.9. The Morgan fingerprint density at radius 2 is 2.03 bits per heavy atom. The lowest BCUT2D eigenvalue weighted by Gasteiger charge is -2.29. The lowest BCUT2D eigenvalue weighted by atomic mass is 9.89. The van der Waals surface area contributed by atoms with Gasteiger partial charge in [-0.3, -0.25) is 4.79 Å². The normalized spacial score (nSPS) is 16.4. The van der Waals surface area contributed by atoms with Crippen LogP contribution in [0, 0.1) is 11.6 Å². The molecule has 0 amide bonds. The number of benzene rings is 1. The third-order valence-electron chi connectivity index (χ3n) is 5.64. The second-order valence-corrected chi connectivity index (χ2v) is 7.46. The van der Waals surface area contributed by atoms with Crippen molar-refractivity contribution in [3.05, 3.63) is 71.2 Å². The van der Waals surface area contributed by atoms with Crippen molar-refractivity contribution in [1.29, 1.82) is 0 Å². The van der Waals surface area contributed by atoms with Gasteiger partial charge in [0.05, 0.1) is 0 Å². The number of hydrogen-bond donors (Lipinski definition) is 2. The average Bonchev–Trinajstić information content (AvgIpc) is 3.15. The maximum absolute atomic E-state index is 14.2. The second kappa shape index (κ2) is 7.75. The third kappa shape index (κ3) is 3.53. The minimum absolute atomic E-state index is 0.0902. The Morgan fingerprint density at radius 1 is 1.28 bits per heavy atom. The van der Waals surface area contributed by atoms with E-state index in [9.17, 15) is 13.6 Å². The number of likely N-dealkylation sites (tertiary alicyclic amines) is 1. The highest BCUT2D eigenvalue weighted by Crippen LogP contribution is 2.31. The molecular formula is C22H22F2N4O. The number of carbonyl (C=O) groups excluding carboxylic acids is 1. The van der Waals surface area contributed by atoms with Crippen LogP contribution < -0.4 is 5.73 Å². The van der Waals surface area contributed by atoms with Crippen molar-refractivity contribution < 1.29 is 13.6 Å². The number of Topliss-reactive ketones (excluding diaryl/α,β-unsaturated/α-hetero) is 1. The van der Waals surface area contributed by atoms with E-state index in [0.717, 1.165) is 43.8 Å². The molecule has 29 heavy (non-hydrogen) atoms. The van der Waals surface area contributed by atoms with Gasteiger partial charge in [-0.15, -0.1) is 0 Å². The number of rotatable bonds is 4. The molecule has 2 aromatic heterocycles. The Labute approximate surface area is 167 Å². The van der Waals surface area contributed by atoms with Gasteiger partial charge in [-0.2, -0.15) is 0 Å². The summed E-state index contributed by atoms with van der Waals surface area (Å²) >= 11 is 0. The summed E-state index contributed by atoms with van der Waals surface area (Å²) in [7, 11) is 2.10. The Morgan fingerprint density at radius 3 is 2.76 bits per heavy atom. The zero-order valence-electron chi connectivity index (χ0n) is 16.1. The maximum Gasteiger partial charge on any atom is 0.197 e. The van der Waals surface area contributed by atoms with Crippen LogP contribution >= 0.6 is 0 Å². The number of fused-ring (bicyclic) bond motifs is 1. The Kier molecular flexibility index (Phi) is 5.15. The molecule has 1 aliphatic heterocycles. The van der Waals surface area contributed by atoms with Crippen molar-refractivity contribution in [2.24, 2.45) is 5.73 Å². The maximum atomic E-state index is 14.2. The van der Waals surface area contributed by atoms with Gasteiger partial charge in [0.1, 0.15) is 5.65 Å². The van der Waals surface area contributed by atoms with E-state index in [4.69, 9.17) is 5.73 Å². The number of aromatic nitrogens is 2. The minimum atomic E-state index is -1.09. The van der Waals surface area contributed by atoms with Crippen LogP contribution in [-0.4, -0.2) is 40.8 Å². The second-order valence-electron chi connectivity index (χ2n) is 7.46. The number of pyridine rings is 1. The molecule has 5 nitrogen and oxygen atoms in total. The monoisotopic (exact) mass is 396 g/mol. The van der Waals surface area contributed by atoms with Crippen molar-refractivity contribution in [3.8, 4) is 0 Å². The number of nitrogens with two attached hydrogens (primary N) is 1. The van der Waals surface area contributed by atoms with Crippen LogP contribution in [-0.2, 0) is 0 Å². The molecule has 0 bridgehead atoms. The molecule has 3 heterocycles. The van der Waals surface area contributed by atoms with E-state index in [0.29, 0.717) is 22.5 Å². The first kappa shape index (κ1) is 19.3. The fraction of sp³-hybridized carbons (Fsp3) is 0.273. The van der Waals surface area contributed by atoms with Crippen LogP contribution in [0.4, 0.5) is 8.78 Å². The van der Waals surface area contributed by atoms with Crippen LogP contribution in [0.5, 0.6) is 0 Å². The molecule has 3 aromatic rings. The lowest BCUT2D eigenvalue weighted by Crippen LogP contribution is -2.29. The minimum Gasteiger partial charge on any atom is -0.404 e. The van der Waals surface area contributed by atoms with Crippen LogP contribution in [0.15, 0.2) is 42.9 Å². The topological polar surface area (TPSA) is 75.0 Å². The Bertz CT molecular complexity index is 1100. The SMILES string of the molecule is CN1CCC(c2cnc3[nH]cc(C(=O)C(=CN)c4cccc(F)c4F)c3c2)CC1. The number of halogens is 2. The molecule has 7 heteroatoms. The summed E-state index contributed by atoms with van der Waals surface area (Å²) in [4.78, 5) is 22.9. The van der Waals surface area contributed by atoms with Gasteiger partial charge in [0.15, 0.2) is 17.4 Å². The van der Waals surface area contributed by atoms with Crippen molar-refractivity contribution in [1.82, 2.24) is 14.9 Å². The first-order chi connectivity index (χ1) is 14.0. The van der Waals surface area contributed by atoms with Gasteiger partial charge in [-0.1, -0.05) is 12.1 Å². The van der Waals surface area contributed by atoms with Crippen molar-refractivity contribution in [2.75, 3.05) is 20.1 Å². The van der Waals surface area contributed by atoms with E-state index in [2.05, 4.69) is 21.9 Å². The van der Waals surface area contributed by atoms with E-state index in [-0.39, 0.29) is 11.1 Å². The van der Waals surface area contributed by atoms with Crippen molar-refractivity contribution in [2.45, 2.75) is 18.8 Å². The highest BCUT2D eigenvalue weighted by atomic mass is 19.2. The van der Waals surface area contributed by atoms with Gasteiger partial charge in [0.2, 0.25) is 0 Å². The predicted molar refractivity (Wildman–Crippen MR) is 108 cm³/mol.